The second kappa shape index (κ2) is 8.04. The Labute approximate surface area is 153 Å². The first-order valence-corrected chi connectivity index (χ1v) is 8.64. The summed E-state index contributed by atoms with van der Waals surface area (Å²) in [5.41, 5.74) is 2.62. The number of halogens is 1. The Balaban J connectivity index is 1.77. The minimum absolute atomic E-state index is 0.0413. The first kappa shape index (κ1) is 18.0. The van der Waals surface area contributed by atoms with Crippen LogP contribution in [-0.4, -0.2) is 37.6 Å². The van der Waals surface area contributed by atoms with Crippen LogP contribution in [0.3, 0.4) is 0 Å². The van der Waals surface area contributed by atoms with Gasteiger partial charge in [-0.05, 0) is 48.0 Å². The van der Waals surface area contributed by atoms with Crippen molar-refractivity contribution in [3.8, 4) is 0 Å². The highest BCUT2D eigenvalue weighted by Crippen LogP contribution is 2.18. The van der Waals surface area contributed by atoms with Crippen molar-refractivity contribution in [3.63, 3.8) is 0 Å². The van der Waals surface area contributed by atoms with Crippen LogP contribution in [0.1, 0.15) is 22.3 Å². The summed E-state index contributed by atoms with van der Waals surface area (Å²) in [4.78, 5) is 16.7. The maximum absolute atomic E-state index is 13.2. The van der Waals surface area contributed by atoms with Crippen LogP contribution in [0.2, 0.25) is 0 Å². The third-order valence-electron chi connectivity index (χ3n) is 4.39. The van der Waals surface area contributed by atoms with E-state index in [4.69, 9.17) is 4.74 Å². The fourth-order valence-corrected chi connectivity index (χ4v) is 2.91. The van der Waals surface area contributed by atoms with Crippen LogP contribution in [0.4, 0.5) is 10.1 Å². The zero-order chi connectivity index (χ0) is 18.5. The molecule has 1 atom stereocenters. The summed E-state index contributed by atoms with van der Waals surface area (Å²) in [7, 11) is 3.98. The summed E-state index contributed by atoms with van der Waals surface area (Å²) >= 11 is 0. The van der Waals surface area contributed by atoms with Gasteiger partial charge in [0.05, 0.1) is 12.8 Å². The summed E-state index contributed by atoms with van der Waals surface area (Å²) in [5.74, 6) is -0.479. The van der Waals surface area contributed by atoms with Crippen molar-refractivity contribution in [2.75, 3.05) is 25.5 Å². The van der Waals surface area contributed by atoms with Gasteiger partial charge in [0.15, 0.2) is 0 Å². The molecule has 0 bridgehead atoms. The minimum atomic E-state index is -0.351. The van der Waals surface area contributed by atoms with Gasteiger partial charge in [0.25, 0.3) is 5.91 Å². The normalized spacial score (nSPS) is 15.6. The molecular formula is C21H23FN2O2. The van der Waals surface area contributed by atoms with Gasteiger partial charge in [0.1, 0.15) is 11.9 Å². The molecule has 0 fully saturated rings. The number of hydrogen-bond acceptors (Lipinski definition) is 3. The molecule has 1 aliphatic heterocycles. The van der Waals surface area contributed by atoms with Gasteiger partial charge >= 0.3 is 0 Å². The number of nitrogens with zero attached hydrogens (tertiary/aromatic N) is 2. The number of benzene rings is 2. The van der Waals surface area contributed by atoms with Gasteiger partial charge in [-0.2, -0.15) is 0 Å². The summed E-state index contributed by atoms with van der Waals surface area (Å²) in [6, 6.07) is 13.8. The molecule has 5 heteroatoms. The van der Waals surface area contributed by atoms with Gasteiger partial charge in [-0.25, -0.2) is 4.39 Å². The van der Waals surface area contributed by atoms with Gasteiger partial charge < -0.3 is 14.5 Å². The van der Waals surface area contributed by atoms with Crippen LogP contribution in [0.15, 0.2) is 60.9 Å². The van der Waals surface area contributed by atoms with Crippen LogP contribution in [0.25, 0.3) is 0 Å². The highest BCUT2D eigenvalue weighted by molar-refractivity contribution is 5.94. The highest BCUT2D eigenvalue weighted by Gasteiger charge is 2.22. The Morgan fingerprint density at radius 2 is 1.81 bits per heavy atom. The van der Waals surface area contributed by atoms with Gasteiger partial charge in [0.2, 0.25) is 0 Å². The molecule has 0 spiro atoms. The summed E-state index contributed by atoms with van der Waals surface area (Å²) < 4.78 is 18.7. The number of anilines is 1. The van der Waals surface area contributed by atoms with Crippen molar-refractivity contribution in [2.24, 2.45) is 0 Å². The van der Waals surface area contributed by atoms with Gasteiger partial charge in [-0.1, -0.05) is 12.1 Å². The predicted octanol–water partition coefficient (Wildman–Crippen LogP) is 3.84. The molecule has 2 aromatic rings. The zero-order valence-electron chi connectivity index (χ0n) is 15.1. The summed E-state index contributed by atoms with van der Waals surface area (Å²) in [6.45, 7) is 0.961. The van der Waals surface area contributed by atoms with Gasteiger partial charge in [0, 0.05) is 38.3 Å². The average molecular weight is 354 g/mol. The highest BCUT2D eigenvalue weighted by atomic mass is 19.1. The van der Waals surface area contributed by atoms with Crippen molar-refractivity contribution in [1.82, 2.24) is 4.90 Å². The fraction of sp³-hybridized carbons (Fsp3) is 0.286. The molecule has 0 aliphatic carbocycles. The van der Waals surface area contributed by atoms with Crippen molar-refractivity contribution in [2.45, 2.75) is 19.1 Å². The van der Waals surface area contributed by atoms with Crippen LogP contribution in [0, 0.1) is 5.82 Å². The molecule has 1 amide bonds. The second-order valence-electron chi connectivity index (χ2n) is 6.62. The van der Waals surface area contributed by atoms with E-state index in [1.807, 2.05) is 49.3 Å². The summed E-state index contributed by atoms with van der Waals surface area (Å²) in [5, 5.41) is 0. The third-order valence-corrected chi connectivity index (χ3v) is 4.39. The Hall–Kier alpha value is -2.82. The summed E-state index contributed by atoms with van der Waals surface area (Å²) in [6.07, 6.45) is 4.38. The zero-order valence-corrected chi connectivity index (χ0v) is 15.1. The Bertz CT molecular complexity index is 762. The Morgan fingerprint density at radius 1 is 1.12 bits per heavy atom. The van der Waals surface area contributed by atoms with Crippen LogP contribution in [-0.2, 0) is 11.3 Å². The maximum Gasteiger partial charge on any atom is 0.254 e. The predicted molar refractivity (Wildman–Crippen MR) is 101 cm³/mol. The van der Waals surface area contributed by atoms with E-state index in [1.54, 1.807) is 11.2 Å². The third kappa shape index (κ3) is 4.42. The number of carbonyl (C=O) groups is 1. The monoisotopic (exact) mass is 354 g/mol. The number of hydrogen-bond donors (Lipinski definition) is 0. The number of rotatable bonds is 6. The molecule has 0 aromatic heterocycles. The lowest BCUT2D eigenvalue weighted by atomic mass is 10.1. The molecule has 1 aliphatic rings. The van der Waals surface area contributed by atoms with Crippen LogP contribution >= 0.6 is 0 Å². The number of ether oxygens (including phenoxy) is 1. The van der Waals surface area contributed by atoms with E-state index in [2.05, 4.69) is 0 Å². The van der Waals surface area contributed by atoms with E-state index in [1.165, 1.54) is 24.3 Å². The maximum atomic E-state index is 13.2. The van der Waals surface area contributed by atoms with Crippen molar-refractivity contribution in [3.05, 3.63) is 77.8 Å². The average Bonchev–Trinajstić information content (AvgIpc) is 3.15. The first-order chi connectivity index (χ1) is 12.5. The van der Waals surface area contributed by atoms with Crippen molar-refractivity contribution in [1.29, 1.82) is 0 Å². The molecule has 1 unspecified atom stereocenters. The number of amides is 1. The lowest BCUT2D eigenvalue weighted by molar-refractivity contribution is 0.0610. The molecule has 0 saturated carbocycles. The van der Waals surface area contributed by atoms with E-state index in [9.17, 15) is 9.18 Å². The lowest BCUT2D eigenvalue weighted by Gasteiger charge is -2.26. The molecular weight excluding hydrogens is 331 g/mol. The van der Waals surface area contributed by atoms with Gasteiger partial charge in [-0.15, -0.1) is 0 Å². The van der Waals surface area contributed by atoms with Crippen LogP contribution in [0.5, 0.6) is 0 Å². The molecule has 3 rings (SSSR count). The van der Waals surface area contributed by atoms with E-state index in [-0.39, 0.29) is 17.8 Å². The smallest absolute Gasteiger partial charge is 0.254 e. The second-order valence-corrected chi connectivity index (χ2v) is 6.62. The molecule has 2 aromatic carbocycles. The Kier molecular flexibility index (Phi) is 5.56. The topological polar surface area (TPSA) is 32.8 Å². The fourth-order valence-electron chi connectivity index (χ4n) is 2.91. The van der Waals surface area contributed by atoms with E-state index in [0.717, 1.165) is 17.7 Å². The van der Waals surface area contributed by atoms with E-state index < -0.39 is 0 Å². The Morgan fingerprint density at radius 3 is 2.38 bits per heavy atom. The lowest BCUT2D eigenvalue weighted by Crippen LogP contribution is -2.37. The molecule has 0 N–H and O–H groups in total. The van der Waals surface area contributed by atoms with Gasteiger partial charge in [-0.3, -0.25) is 4.79 Å². The van der Waals surface area contributed by atoms with E-state index in [0.29, 0.717) is 18.7 Å². The largest absolute Gasteiger partial charge is 0.496 e. The molecule has 4 nitrogen and oxygen atoms in total. The molecule has 0 saturated heterocycles. The first-order valence-electron chi connectivity index (χ1n) is 8.64. The van der Waals surface area contributed by atoms with E-state index >= 15 is 0 Å². The SMILES string of the molecule is CN(C)c1ccc(CN(CC2CC=CO2)C(=O)c2ccc(F)cc2)cc1. The standard InChI is InChI=1S/C21H23FN2O2/c1-23(2)19-11-5-16(6-12-19)14-24(15-20-4-3-13-26-20)21(25)17-7-9-18(22)10-8-17/h3,5-13,20H,4,14-15H2,1-2H3. The molecule has 0 radical (unpaired) electrons. The molecule has 26 heavy (non-hydrogen) atoms. The number of carbonyl (C=O) groups excluding carboxylic acids is 1. The quantitative estimate of drug-likeness (QED) is 0.790. The molecule has 1 heterocycles. The van der Waals surface area contributed by atoms with Crippen molar-refractivity contribution < 1.29 is 13.9 Å². The molecule has 136 valence electrons. The van der Waals surface area contributed by atoms with Crippen molar-refractivity contribution >= 4 is 11.6 Å². The minimum Gasteiger partial charge on any atom is -0.496 e. The van der Waals surface area contributed by atoms with Crippen LogP contribution < -0.4 is 4.90 Å².